The van der Waals surface area contributed by atoms with Crippen LogP contribution in [0.2, 0.25) is 0 Å². The molecule has 0 saturated carbocycles. The molecule has 1 aromatic rings. The maximum atomic E-state index is 11.6. The number of carbonyl (C=O) groups is 1. The molecule has 0 aliphatic rings. The molecule has 1 amide bonds. The average Bonchev–Trinajstić information content (AvgIpc) is 2.36. The lowest BCUT2D eigenvalue weighted by molar-refractivity contribution is -0.120. The largest absolute Gasteiger partial charge is 0.497 e. The van der Waals surface area contributed by atoms with E-state index in [0.29, 0.717) is 6.54 Å². The lowest BCUT2D eigenvalue weighted by Crippen LogP contribution is -2.30. The third-order valence-electron chi connectivity index (χ3n) is 2.16. The molecule has 1 atom stereocenters. The van der Waals surface area contributed by atoms with Crippen LogP contribution in [0.25, 0.3) is 0 Å². The quantitative estimate of drug-likeness (QED) is 0.623. The summed E-state index contributed by atoms with van der Waals surface area (Å²) < 4.78 is 5.08. The molecule has 1 rings (SSSR count). The highest BCUT2D eigenvalue weighted by atomic mass is 32.2. The first-order valence-electron chi connectivity index (χ1n) is 5.36. The molecule has 4 heteroatoms. The highest BCUT2D eigenvalue weighted by Crippen LogP contribution is 2.25. The molecule has 0 aliphatic heterocycles. The Hall–Kier alpha value is -1.42. The number of hydrogen-bond acceptors (Lipinski definition) is 3. The number of nitrogens with one attached hydrogen (secondary N) is 1. The maximum Gasteiger partial charge on any atom is 0.233 e. The van der Waals surface area contributed by atoms with Crippen LogP contribution >= 0.6 is 11.8 Å². The van der Waals surface area contributed by atoms with Gasteiger partial charge in [0.1, 0.15) is 5.75 Å². The van der Waals surface area contributed by atoms with Gasteiger partial charge in [0.05, 0.1) is 12.4 Å². The summed E-state index contributed by atoms with van der Waals surface area (Å²) in [5, 5.41) is 2.65. The van der Waals surface area contributed by atoms with Crippen LogP contribution in [0.3, 0.4) is 0 Å². The number of methoxy groups -OCH3 is 1. The highest BCUT2D eigenvalue weighted by Gasteiger charge is 2.13. The predicted molar refractivity (Wildman–Crippen MR) is 71.5 cm³/mol. The number of ether oxygens (including phenoxy) is 1. The molecule has 1 aromatic carbocycles. The molecule has 0 heterocycles. The van der Waals surface area contributed by atoms with Gasteiger partial charge < -0.3 is 10.1 Å². The van der Waals surface area contributed by atoms with Crippen molar-refractivity contribution in [2.45, 2.75) is 17.1 Å². The van der Waals surface area contributed by atoms with E-state index in [0.717, 1.165) is 10.6 Å². The fourth-order valence-corrected chi connectivity index (χ4v) is 2.12. The minimum absolute atomic E-state index is 0.0192. The van der Waals surface area contributed by atoms with Crippen LogP contribution in [0.1, 0.15) is 6.92 Å². The smallest absolute Gasteiger partial charge is 0.233 e. The van der Waals surface area contributed by atoms with Crippen molar-refractivity contribution in [1.82, 2.24) is 5.32 Å². The van der Waals surface area contributed by atoms with Gasteiger partial charge in [0.15, 0.2) is 0 Å². The Kier molecular flexibility index (Phi) is 5.63. The zero-order chi connectivity index (χ0) is 12.7. The maximum absolute atomic E-state index is 11.6. The number of rotatable bonds is 6. The molecule has 0 saturated heterocycles. The third kappa shape index (κ3) is 4.53. The second-order valence-electron chi connectivity index (χ2n) is 3.47. The van der Waals surface area contributed by atoms with Crippen LogP contribution < -0.4 is 10.1 Å². The third-order valence-corrected chi connectivity index (χ3v) is 3.27. The Morgan fingerprint density at radius 3 is 2.71 bits per heavy atom. The zero-order valence-electron chi connectivity index (χ0n) is 10.1. The van der Waals surface area contributed by atoms with Crippen molar-refractivity contribution in [3.8, 4) is 5.75 Å². The summed E-state index contributed by atoms with van der Waals surface area (Å²) >= 11 is 1.52. The zero-order valence-corrected chi connectivity index (χ0v) is 10.9. The molecule has 0 fully saturated rings. The van der Waals surface area contributed by atoms with Crippen LogP contribution in [-0.4, -0.2) is 24.8 Å². The van der Waals surface area contributed by atoms with Crippen molar-refractivity contribution in [3.05, 3.63) is 36.9 Å². The van der Waals surface area contributed by atoms with Gasteiger partial charge in [-0.05, 0) is 31.2 Å². The monoisotopic (exact) mass is 251 g/mol. The van der Waals surface area contributed by atoms with E-state index < -0.39 is 0 Å². The summed E-state index contributed by atoms with van der Waals surface area (Å²) in [5.74, 6) is 0.837. The Morgan fingerprint density at radius 2 is 2.18 bits per heavy atom. The minimum atomic E-state index is -0.122. The van der Waals surface area contributed by atoms with E-state index in [4.69, 9.17) is 4.74 Å². The Morgan fingerprint density at radius 1 is 1.53 bits per heavy atom. The lowest BCUT2D eigenvalue weighted by atomic mass is 10.3. The van der Waals surface area contributed by atoms with E-state index in [2.05, 4.69) is 11.9 Å². The fourth-order valence-electron chi connectivity index (χ4n) is 1.23. The van der Waals surface area contributed by atoms with Crippen molar-refractivity contribution >= 4 is 17.7 Å². The number of thioether (sulfide) groups is 1. The summed E-state index contributed by atoms with van der Waals surface area (Å²) in [6, 6.07) is 7.66. The summed E-state index contributed by atoms with van der Waals surface area (Å²) in [4.78, 5) is 12.7. The number of amides is 1. The molecular formula is C13H17NO2S. The van der Waals surface area contributed by atoms with Crippen molar-refractivity contribution in [1.29, 1.82) is 0 Å². The average molecular weight is 251 g/mol. The van der Waals surface area contributed by atoms with Gasteiger partial charge in [0.2, 0.25) is 5.91 Å². The number of hydrogen-bond donors (Lipinski definition) is 1. The lowest BCUT2D eigenvalue weighted by Gasteiger charge is -2.11. The number of benzene rings is 1. The summed E-state index contributed by atoms with van der Waals surface area (Å²) in [6.07, 6.45) is 1.67. The molecule has 0 unspecified atom stereocenters. The van der Waals surface area contributed by atoms with Crippen LogP contribution in [0.15, 0.2) is 41.8 Å². The molecule has 0 aromatic heterocycles. The van der Waals surface area contributed by atoms with Crippen molar-refractivity contribution in [2.75, 3.05) is 13.7 Å². The molecule has 1 N–H and O–H groups in total. The molecule has 0 aliphatic carbocycles. The minimum Gasteiger partial charge on any atom is -0.497 e. The SMILES string of the molecule is C=CCNC(=O)[C@H](C)Sc1ccc(OC)cc1. The van der Waals surface area contributed by atoms with Gasteiger partial charge >= 0.3 is 0 Å². The fraction of sp³-hybridized carbons (Fsp3) is 0.308. The van der Waals surface area contributed by atoms with Crippen molar-refractivity contribution in [3.63, 3.8) is 0 Å². The molecule has 3 nitrogen and oxygen atoms in total. The molecule has 17 heavy (non-hydrogen) atoms. The summed E-state index contributed by atoms with van der Waals surface area (Å²) in [5.41, 5.74) is 0. The second-order valence-corrected chi connectivity index (χ2v) is 4.88. The van der Waals surface area contributed by atoms with Crippen LogP contribution in [-0.2, 0) is 4.79 Å². The van der Waals surface area contributed by atoms with Gasteiger partial charge in [-0.25, -0.2) is 0 Å². The van der Waals surface area contributed by atoms with E-state index in [-0.39, 0.29) is 11.2 Å². The van der Waals surface area contributed by atoms with Gasteiger partial charge in [-0.2, -0.15) is 0 Å². The first kappa shape index (κ1) is 13.6. The standard InChI is InChI=1S/C13H17NO2S/c1-4-9-14-13(15)10(2)17-12-7-5-11(16-3)6-8-12/h4-8,10H,1,9H2,2-3H3,(H,14,15)/t10-/m0/s1. The molecular weight excluding hydrogens is 234 g/mol. The Bertz CT molecular complexity index is 376. The van der Waals surface area contributed by atoms with Crippen LogP contribution in [0.5, 0.6) is 5.75 Å². The van der Waals surface area contributed by atoms with E-state index >= 15 is 0 Å². The van der Waals surface area contributed by atoms with Crippen molar-refractivity contribution in [2.24, 2.45) is 0 Å². The van der Waals surface area contributed by atoms with Gasteiger partial charge in [0.25, 0.3) is 0 Å². The second kappa shape index (κ2) is 7.01. The molecule has 0 spiro atoms. The first-order chi connectivity index (χ1) is 8.17. The van der Waals surface area contributed by atoms with Gasteiger partial charge in [-0.1, -0.05) is 6.08 Å². The van der Waals surface area contributed by atoms with E-state index in [1.165, 1.54) is 11.8 Å². The summed E-state index contributed by atoms with van der Waals surface area (Å²) in [6.45, 7) is 5.95. The van der Waals surface area contributed by atoms with E-state index in [1.54, 1.807) is 13.2 Å². The molecule has 0 radical (unpaired) electrons. The normalized spacial score (nSPS) is 11.6. The Balaban J connectivity index is 2.51. The van der Waals surface area contributed by atoms with Gasteiger partial charge in [-0.3, -0.25) is 4.79 Å². The van der Waals surface area contributed by atoms with Gasteiger partial charge in [0, 0.05) is 11.4 Å². The van der Waals surface area contributed by atoms with E-state index in [1.807, 2.05) is 31.2 Å². The molecule has 92 valence electrons. The summed E-state index contributed by atoms with van der Waals surface area (Å²) in [7, 11) is 1.63. The number of carbonyl (C=O) groups excluding carboxylic acids is 1. The van der Waals surface area contributed by atoms with Gasteiger partial charge in [-0.15, -0.1) is 18.3 Å². The predicted octanol–water partition coefficient (Wildman–Crippen LogP) is 2.48. The highest BCUT2D eigenvalue weighted by molar-refractivity contribution is 8.00. The first-order valence-corrected chi connectivity index (χ1v) is 6.24. The van der Waals surface area contributed by atoms with Crippen LogP contribution in [0.4, 0.5) is 0 Å². The topological polar surface area (TPSA) is 38.3 Å². The van der Waals surface area contributed by atoms with Crippen molar-refractivity contribution < 1.29 is 9.53 Å². The molecule has 0 bridgehead atoms. The van der Waals surface area contributed by atoms with E-state index in [9.17, 15) is 4.79 Å². The van der Waals surface area contributed by atoms with Crippen LogP contribution in [0, 0.1) is 0 Å². The Labute approximate surface area is 106 Å².